The van der Waals surface area contributed by atoms with Gasteiger partial charge in [-0.15, -0.1) is 0 Å². The summed E-state index contributed by atoms with van der Waals surface area (Å²) in [4.78, 5) is 0. The van der Waals surface area contributed by atoms with Crippen LogP contribution in [0.4, 0.5) is 0 Å². The molecule has 1 fully saturated rings. The molecule has 42 valence electrons. The number of aliphatic hydroxyl groups excluding tert-OH is 1. The van der Waals surface area contributed by atoms with Crippen LogP contribution in [0.1, 0.15) is 20.3 Å². The molecule has 1 nitrogen and oxygen atoms in total. The monoisotopic (exact) mass is 100 g/mol. The highest BCUT2D eigenvalue weighted by Crippen LogP contribution is 2.40. The molecule has 0 saturated heterocycles. The van der Waals surface area contributed by atoms with Crippen LogP contribution in [0.25, 0.3) is 0 Å². The lowest BCUT2D eigenvalue weighted by Gasteiger charge is -1.96. The van der Waals surface area contributed by atoms with Gasteiger partial charge in [0.05, 0.1) is 6.10 Å². The van der Waals surface area contributed by atoms with E-state index in [0.29, 0.717) is 5.92 Å². The molecular weight excluding hydrogens is 88.1 g/mol. The average Bonchev–Trinajstić information content (AvgIpc) is 2.17. The minimum atomic E-state index is -0.0602. The van der Waals surface area contributed by atoms with Gasteiger partial charge in [0.15, 0.2) is 0 Å². The number of hydrogen-bond donors (Lipinski definition) is 1. The molecule has 1 aliphatic rings. The van der Waals surface area contributed by atoms with Gasteiger partial charge >= 0.3 is 0 Å². The molecule has 7 heavy (non-hydrogen) atoms. The van der Waals surface area contributed by atoms with Crippen molar-refractivity contribution in [1.82, 2.24) is 0 Å². The lowest BCUT2D eigenvalue weighted by Crippen LogP contribution is -2.02. The van der Waals surface area contributed by atoms with Gasteiger partial charge in [-0.1, -0.05) is 6.92 Å². The van der Waals surface area contributed by atoms with E-state index >= 15 is 0 Å². The van der Waals surface area contributed by atoms with E-state index in [1.807, 2.05) is 6.92 Å². The van der Waals surface area contributed by atoms with Crippen molar-refractivity contribution in [2.24, 2.45) is 11.8 Å². The second-order valence-electron chi connectivity index (χ2n) is 2.62. The lowest BCUT2D eigenvalue weighted by atomic mass is 10.2. The Kier molecular flexibility index (Phi) is 1.08. The standard InChI is InChI=1S/C6H12O/c1-4-3-6(4)5(2)7/h4-7H,3H2,1-2H3/t4-,5+,6?/m1/s1. The first-order valence-corrected chi connectivity index (χ1v) is 2.90. The van der Waals surface area contributed by atoms with Gasteiger partial charge in [0.1, 0.15) is 0 Å². The third-order valence-corrected chi connectivity index (χ3v) is 1.79. The Morgan fingerprint density at radius 2 is 2.14 bits per heavy atom. The van der Waals surface area contributed by atoms with Gasteiger partial charge in [-0.25, -0.2) is 0 Å². The van der Waals surface area contributed by atoms with Crippen LogP contribution in [0, 0.1) is 11.8 Å². The summed E-state index contributed by atoms with van der Waals surface area (Å²) in [5.41, 5.74) is 0. The molecule has 1 aliphatic carbocycles. The summed E-state index contributed by atoms with van der Waals surface area (Å²) in [6.07, 6.45) is 1.17. The van der Waals surface area contributed by atoms with Gasteiger partial charge in [0, 0.05) is 0 Å². The van der Waals surface area contributed by atoms with Crippen LogP contribution in [0.5, 0.6) is 0 Å². The molecule has 1 rings (SSSR count). The van der Waals surface area contributed by atoms with Crippen LogP contribution in [0.3, 0.4) is 0 Å². The molecule has 0 aromatic carbocycles. The van der Waals surface area contributed by atoms with Gasteiger partial charge in [0.2, 0.25) is 0 Å². The van der Waals surface area contributed by atoms with E-state index in [4.69, 9.17) is 5.11 Å². The zero-order valence-electron chi connectivity index (χ0n) is 4.89. The fourth-order valence-electron chi connectivity index (χ4n) is 1.02. The Morgan fingerprint density at radius 3 is 2.14 bits per heavy atom. The van der Waals surface area contributed by atoms with Crippen molar-refractivity contribution in [2.45, 2.75) is 26.4 Å². The van der Waals surface area contributed by atoms with Crippen molar-refractivity contribution < 1.29 is 5.11 Å². The summed E-state index contributed by atoms with van der Waals surface area (Å²) < 4.78 is 0. The Balaban J connectivity index is 2.20. The van der Waals surface area contributed by atoms with Crippen molar-refractivity contribution in [3.8, 4) is 0 Å². The van der Waals surface area contributed by atoms with Gasteiger partial charge in [-0.3, -0.25) is 0 Å². The van der Waals surface area contributed by atoms with E-state index in [0.717, 1.165) is 5.92 Å². The van der Waals surface area contributed by atoms with E-state index in [-0.39, 0.29) is 6.10 Å². The van der Waals surface area contributed by atoms with Crippen LogP contribution >= 0.6 is 0 Å². The SMILES string of the molecule is C[C@H](O)C1C[C@H]1C. The molecule has 1 saturated carbocycles. The minimum absolute atomic E-state index is 0.0602. The lowest BCUT2D eigenvalue weighted by molar-refractivity contribution is 0.165. The van der Waals surface area contributed by atoms with E-state index in [9.17, 15) is 0 Å². The maximum Gasteiger partial charge on any atom is 0.0542 e. The molecule has 0 aromatic rings. The zero-order chi connectivity index (χ0) is 5.44. The number of rotatable bonds is 1. The smallest absolute Gasteiger partial charge is 0.0542 e. The Hall–Kier alpha value is -0.0400. The third kappa shape index (κ3) is 0.942. The average molecular weight is 100 g/mol. The summed E-state index contributed by atoms with van der Waals surface area (Å²) in [5, 5.41) is 8.86. The van der Waals surface area contributed by atoms with E-state index in [2.05, 4.69) is 6.92 Å². The zero-order valence-corrected chi connectivity index (χ0v) is 4.89. The largest absolute Gasteiger partial charge is 0.393 e. The summed E-state index contributed by atoms with van der Waals surface area (Å²) in [6.45, 7) is 4.05. The highest BCUT2D eigenvalue weighted by molar-refractivity contribution is 4.85. The first-order valence-electron chi connectivity index (χ1n) is 2.90. The second kappa shape index (κ2) is 1.48. The Bertz CT molecular complexity index is 68.6. The second-order valence-corrected chi connectivity index (χ2v) is 2.62. The van der Waals surface area contributed by atoms with Crippen molar-refractivity contribution in [2.75, 3.05) is 0 Å². The van der Waals surface area contributed by atoms with E-state index in [1.54, 1.807) is 0 Å². The highest BCUT2D eigenvalue weighted by atomic mass is 16.3. The maximum atomic E-state index is 8.86. The molecule has 0 radical (unpaired) electrons. The number of hydrogen-bond acceptors (Lipinski definition) is 1. The van der Waals surface area contributed by atoms with Gasteiger partial charge < -0.3 is 5.11 Å². The molecule has 1 heteroatoms. The van der Waals surface area contributed by atoms with Gasteiger partial charge in [0.25, 0.3) is 0 Å². The Labute approximate surface area is 44.4 Å². The molecule has 1 N–H and O–H groups in total. The minimum Gasteiger partial charge on any atom is -0.393 e. The van der Waals surface area contributed by atoms with Crippen LogP contribution in [0.15, 0.2) is 0 Å². The summed E-state index contributed by atoms with van der Waals surface area (Å²) in [5.74, 6) is 1.42. The summed E-state index contributed by atoms with van der Waals surface area (Å²) in [7, 11) is 0. The molecule has 0 aromatic heterocycles. The normalized spacial score (nSPS) is 43.3. The molecule has 1 unspecified atom stereocenters. The van der Waals surface area contributed by atoms with Crippen LogP contribution in [-0.2, 0) is 0 Å². The van der Waals surface area contributed by atoms with E-state index < -0.39 is 0 Å². The first kappa shape index (κ1) is 5.10. The van der Waals surface area contributed by atoms with Gasteiger partial charge in [-0.05, 0) is 25.2 Å². The summed E-state index contributed by atoms with van der Waals surface area (Å²) in [6, 6.07) is 0. The molecule has 3 atom stereocenters. The molecule has 0 heterocycles. The fraction of sp³-hybridized carbons (Fsp3) is 1.00. The third-order valence-electron chi connectivity index (χ3n) is 1.79. The van der Waals surface area contributed by atoms with Crippen LogP contribution in [-0.4, -0.2) is 11.2 Å². The molecular formula is C6H12O. The number of aliphatic hydroxyl groups is 1. The van der Waals surface area contributed by atoms with Crippen molar-refractivity contribution >= 4 is 0 Å². The first-order chi connectivity index (χ1) is 3.22. The fourth-order valence-corrected chi connectivity index (χ4v) is 1.02. The molecule has 0 amide bonds. The topological polar surface area (TPSA) is 20.2 Å². The summed E-state index contributed by atoms with van der Waals surface area (Å²) >= 11 is 0. The van der Waals surface area contributed by atoms with Crippen molar-refractivity contribution in [3.05, 3.63) is 0 Å². The van der Waals surface area contributed by atoms with Gasteiger partial charge in [-0.2, -0.15) is 0 Å². The molecule has 0 aliphatic heterocycles. The van der Waals surface area contributed by atoms with Crippen LogP contribution in [0.2, 0.25) is 0 Å². The Morgan fingerprint density at radius 1 is 1.71 bits per heavy atom. The van der Waals surface area contributed by atoms with Crippen molar-refractivity contribution in [3.63, 3.8) is 0 Å². The van der Waals surface area contributed by atoms with Crippen molar-refractivity contribution in [1.29, 1.82) is 0 Å². The van der Waals surface area contributed by atoms with E-state index in [1.165, 1.54) is 6.42 Å². The molecule has 0 spiro atoms. The maximum absolute atomic E-state index is 8.86. The highest BCUT2D eigenvalue weighted by Gasteiger charge is 2.35. The molecule has 0 bridgehead atoms. The van der Waals surface area contributed by atoms with Crippen LogP contribution < -0.4 is 0 Å². The predicted octanol–water partition coefficient (Wildman–Crippen LogP) is 1.02. The predicted molar refractivity (Wildman–Crippen MR) is 29.0 cm³/mol. The quantitative estimate of drug-likeness (QED) is 0.521.